The quantitative estimate of drug-likeness (QED) is 0.0928. The molecule has 3 heterocycles. The van der Waals surface area contributed by atoms with E-state index in [1.165, 1.54) is 17.3 Å². The second-order valence-corrected chi connectivity index (χ2v) is 15.1. The van der Waals surface area contributed by atoms with Crippen LogP contribution in [-0.2, 0) is 26.3 Å². The van der Waals surface area contributed by atoms with Crippen molar-refractivity contribution < 1.29 is 28.7 Å². The molecule has 2 aliphatic carbocycles. The zero-order valence-electron chi connectivity index (χ0n) is 34.1. The number of nitrogens with one attached hydrogen (secondary N) is 3. The summed E-state index contributed by atoms with van der Waals surface area (Å²) in [5, 5.41) is 31.5. The molecule has 1 aliphatic heterocycles. The molecular weight excluding hydrogens is 812 g/mol. The largest absolute Gasteiger partial charge is 0.479 e. The third-order valence-corrected chi connectivity index (χ3v) is 10.1. The van der Waals surface area contributed by atoms with Gasteiger partial charge in [-0.15, -0.1) is 0 Å². The molecule has 316 valence electrons. The summed E-state index contributed by atoms with van der Waals surface area (Å²) in [4.78, 5) is 61.8. The molecule has 0 radical (unpaired) electrons. The topological polar surface area (TPSA) is 220 Å². The molecule has 7 rings (SSSR count). The minimum absolute atomic E-state index is 0.111. The first kappa shape index (κ1) is 46.6. The second kappa shape index (κ2) is 19.3. The number of carbonyl (C=O) groups excluding carboxylic acids is 3. The van der Waals surface area contributed by atoms with Crippen molar-refractivity contribution in [2.45, 2.75) is 96.4 Å². The highest BCUT2D eigenvalue weighted by molar-refractivity contribution is 6.35. The number of pyridine rings is 1. The van der Waals surface area contributed by atoms with Gasteiger partial charge in [0.15, 0.2) is 0 Å². The predicted molar refractivity (Wildman–Crippen MR) is 229 cm³/mol. The van der Waals surface area contributed by atoms with Crippen molar-refractivity contribution >= 4 is 70.3 Å². The van der Waals surface area contributed by atoms with E-state index in [4.69, 9.17) is 39.5 Å². The van der Waals surface area contributed by atoms with Gasteiger partial charge >= 0.3 is 5.97 Å². The van der Waals surface area contributed by atoms with E-state index in [1.54, 1.807) is 59.3 Å². The first-order chi connectivity index (χ1) is 28.5. The smallest absolute Gasteiger partial charge is 0.340 e. The Morgan fingerprint density at radius 2 is 1.62 bits per heavy atom. The summed E-state index contributed by atoms with van der Waals surface area (Å²) in [5.41, 5.74) is 5.41. The highest BCUT2D eigenvalue weighted by atomic mass is 35.5. The van der Waals surface area contributed by atoms with E-state index < -0.39 is 34.7 Å². The number of allylic oxidation sites excluding steroid dienone is 1. The van der Waals surface area contributed by atoms with E-state index in [9.17, 15) is 28.8 Å². The number of alkyl halides is 1. The SMILES string of the molecule is CC.CC.CC(C)(F)C(=O)O.N#Cc1ccc(CC2C(=O)N(c3cc(Cl)cc(Cl)c3)c3ncc(C(=O)NC4(C(=O)NC5(c6cc(/C(C=N)=C/N)ccn6)CC5)CC4)n32)cc1. The number of fused-ring (bicyclic) bond motifs is 1. The van der Waals surface area contributed by atoms with Crippen LogP contribution in [0.25, 0.3) is 5.57 Å². The minimum Gasteiger partial charge on any atom is -0.479 e. The van der Waals surface area contributed by atoms with Crippen LogP contribution in [0.4, 0.5) is 16.0 Å². The molecule has 14 nitrogen and oxygen atoms in total. The molecule has 2 saturated carbocycles. The maximum Gasteiger partial charge on any atom is 0.340 e. The Morgan fingerprint density at radius 3 is 2.12 bits per heavy atom. The average Bonchev–Trinajstić information content (AvgIpc) is 4.13. The van der Waals surface area contributed by atoms with Crippen LogP contribution in [0.15, 0.2) is 73.2 Å². The highest BCUT2D eigenvalue weighted by Crippen LogP contribution is 2.47. The van der Waals surface area contributed by atoms with Gasteiger partial charge in [0.05, 0.1) is 34.7 Å². The molecule has 1 unspecified atom stereocenters. The molecule has 60 heavy (non-hydrogen) atoms. The fraction of sp³-hybridized carbons (Fsp3) is 0.349. The van der Waals surface area contributed by atoms with Gasteiger partial charge in [-0.05, 0) is 93.1 Å². The molecular formula is C43H48Cl2FN9O5. The molecule has 17 heteroatoms. The number of nitriles is 1. The van der Waals surface area contributed by atoms with Gasteiger partial charge in [-0.2, -0.15) is 5.26 Å². The van der Waals surface area contributed by atoms with Gasteiger partial charge in [-0.25, -0.2) is 19.1 Å². The van der Waals surface area contributed by atoms with Crippen molar-refractivity contribution in [1.82, 2.24) is 25.2 Å². The van der Waals surface area contributed by atoms with E-state index in [-0.39, 0.29) is 29.9 Å². The number of anilines is 2. The zero-order chi connectivity index (χ0) is 44.6. The maximum atomic E-state index is 14.1. The Hall–Kier alpha value is -6.11. The number of nitrogens with two attached hydrogens (primary N) is 1. The number of aromatic nitrogens is 3. The number of amides is 3. The Kier molecular flexibility index (Phi) is 15.0. The minimum atomic E-state index is -2.08. The van der Waals surface area contributed by atoms with Crippen LogP contribution in [0.1, 0.15) is 106 Å². The lowest BCUT2D eigenvalue weighted by Crippen LogP contribution is -2.52. The lowest BCUT2D eigenvalue weighted by atomic mass is 10.0. The number of imidazole rings is 1. The van der Waals surface area contributed by atoms with Crippen molar-refractivity contribution in [2.24, 2.45) is 5.73 Å². The molecule has 0 saturated heterocycles. The van der Waals surface area contributed by atoms with Crippen molar-refractivity contribution in [1.29, 1.82) is 10.7 Å². The lowest BCUT2D eigenvalue weighted by Gasteiger charge is -2.23. The molecule has 2 aromatic carbocycles. The molecule has 4 aromatic rings. The van der Waals surface area contributed by atoms with Crippen LogP contribution >= 0.6 is 23.2 Å². The number of halogens is 3. The average molecular weight is 861 g/mol. The number of carboxylic acid groups (broad SMARTS) is 1. The third-order valence-electron chi connectivity index (χ3n) is 9.71. The molecule has 2 aromatic heterocycles. The summed E-state index contributed by atoms with van der Waals surface area (Å²) in [5.74, 6) is -2.44. The maximum absolute atomic E-state index is 14.1. The van der Waals surface area contributed by atoms with Gasteiger partial charge in [-0.1, -0.05) is 63.0 Å². The summed E-state index contributed by atoms with van der Waals surface area (Å²) in [6.45, 7) is 9.99. The van der Waals surface area contributed by atoms with E-state index >= 15 is 0 Å². The van der Waals surface area contributed by atoms with Crippen LogP contribution in [-0.4, -0.2) is 60.8 Å². The Morgan fingerprint density at radius 1 is 1.02 bits per heavy atom. The molecule has 3 aliphatic rings. The third kappa shape index (κ3) is 10.2. The van der Waals surface area contributed by atoms with Crippen LogP contribution < -0.4 is 21.3 Å². The van der Waals surface area contributed by atoms with E-state index in [0.717, 1.165) is 25.6 Å². The molecule has 6 N–H and O–H groups in total. The predicted octanol–water partition coefficient (Wildman–Crippen LogP) is 7.81. The van der Waals surface area contributed by atoms with Gasteiger partial charge in [-0.3, -0.25) is 23.9 Å². The number of hydrogen-bond acceptors (Lipinski definition) is 9. The molecule has 0 bridgehead atoms. The van der Waals surface area contributed by atoms with Crippen LogP contribution in [0.3, 0.4) is 0 Å². The molecule has 3 amide bonds. The standard InChI is InChI=1S/C35H29Cl2N9O3.C4H7FO2.2C2H6/c36-24-13-25(37)15-26(14-24)45-31(48)27(11-20-1-3-21(16-38)4-2-20)46-28(19-42-33(45)46)30(47)43-35(8-9-35)32(49)44-34(6-7-34)29-12-22(5-10-41-29)23(17-39)18-40;1-4(2,5)3(6)7;2*1-2/h1-5,10,12-15,17-19,27,39H,6-9,11,40H2,(H,43,47)(H,44,49);1-2H3,(H,6,7);2*1-2H3/b23-18+,39-17?;;;. The normalized spacial score (nSPS) is 16.5. The van der Waals surface area contributed by atoms with Gasteiger partial charge in [0.1, 0.15) is 17.3 Å². The Labute approximate surface area is 358 Å². The van der Waals surface area contributed by atoms with Crippen LogP contribution in [0.5, 0.6) is 0 Å². The number of rotatable bonds is 11. The number of benzene rings is 2. The van der Waals surface area contributed by atoms with Crippen LogP contribution in [0.2, 0.25) is 10.0 Å². The summed E-state index contributed by atoms with van der Waals surface area (Å²) >= 11 is 12.6. The van der Waals surface area contributed by atoms with Gasteiger partial charge in [0, 0.05) is 40.7 Å². The Bertz CT molecular complexity index is 2310. The van der Waals surface area contributed by atoms with Crippen molar-refractivity contribution in [2.75, 3.05) is 4.90 Å². The summed E-state index contributed by atoms with van der Waals surface area (Å²) < 4.78 is 13.5. The monoisotopic (exact) mass is 859 g/mol. The molecule has 0 spiro atoms. The summed E-state index contributed by atoms with van der Waals surface area (Å²) in [6, 6.07) is 16.4. The van der Waals surface area contributed by atoms with Crippen molar-refractivity contribution in [3.63, 3.8) is 0 Å². The summed E-state index contributed by atoms with van der Waals surface area (Å²) in [7, 11) is 0. The van der Waals surface area contributed by atoms with Crippen molar-refractivity contribution in [3.8, 4) is 6.07 Å². The number of carbonyl (C=O) groups is 4. The van der Waals surface area contributed by atoms with E-state index in [0.29, 0.717) is 63.8 Å². The highest BCUT2D eigenvalue weighted by Gasteiger charge is 2.57. The molecule has 1 atom stereocenters. The summed E-state index contributed by atoms with van der Waals surface area (Å²) in [6.07, 6.45) is 7.93. The first-order valence-corrected chi connectivity index (χ1v) is 20.1. The van der Waals surface area contributed by atoms with E-state index in [1.807, 2.05) is 33.8 Å². The number of hydrogen-bond donors (Lipinski definition) is 5. The van der Waals surface area contributed by atoms with Gasteiger partial charge < -0.3 is 26.9 Å². The Balaban J connectivity index is 0.000000649. The second-order valence-electron chi connectivity index (χ2n) is 14.2. The molecule has 2 fully saturated rings. The van der Waals surface area contributed by atoms with Crippen LogP contribution in [0, 0.1) is 16.7 Å². The fourth-order valence-corrected chi connectivity index (χ4v) is 6.71. The van der Waals surface area contributed by atoms with Crippen molar-refractivity contribution in [3.05, 3.63) is 111 Å². The van der Waals surface area contributed by atoms with E-state index in [2.05, 4.69) is 26.7 Å². The van der Waals surface area contributed by atoms with Gasteiger partial charge in [0.25, 0.3) is 11.8 Å². The first-order valence-electron chi connectivity index (χ1n) is 19.4. The van der Waals surface area contributed by atoms with Gasteiger partial charge in [0.2, 0.25) is 17.5 Å². The lowest BCUT2D eigenvalue weighted by molar-refractivity contribution is -0.148. The fourth-order valence-electron chi connectivity index (χ4n) is 6.20. The number of carboxylic acids is 1. The number of nitrogens with zero attached hydrogens (tertiary/aromatic N) is 5. The number of aliphatic carboxylic acids is 1. The zero-order valence-corrected chi connectivity index (χ0v) is 35.7.